The van der Waals surface area contributed by atoms with Gasteiger partial charge in [-0.1, -0.05) is 19.0 Å². The predicted octanol–water partition coefficient (Wildman–Crippen LogP) is 1.16. The van der Waals surface area contributed by atoms with Crippen molar-refractivity contribution in [2.75, 3.05) is 13.1 Å². The van der Waals surface area contributed by atoms with Crippen molar-refractivity contribution in [3.63, 3.8) is 0 Å². The molecule has 0 radical (unpaired) electrons. The number of ether oxygens (including phenoxy) is 1. The van der Waals surface area contributed by atoms with E-state index in [1.807, 2.05) is 0 Å². The van der Waals surface area contributed by atoms with Gasteiger partial charge in [0, 0.05) is 13.1 Å². The molecule has 0 aromatic carbocycles. The number of guanidine groups is 1. The van der Waals surface area contributed by atoms with Gasteiger partial charge in [0.25, 0.3) is 5.89 Å². The SMILES string of the molecule is Cc1noc([C@@H]2CC[C@H](CNC(N)=NCC(C)C)O2)n1. The zero-order valence-electron chi connectivity index (χ0n) is 12.3. The fourth-order valence-electron chi connectivity index (χ4n) is 2.04. The molecule has 2 heterocycles. The maximum Gasteiger partial charge on any atom is 0.255 e. The summed E-state index contributed by atoms with van der Waals surface area (Å²) in [5.41, 5.74) is 5.79. The fourth-order valence-corrected chi connectivity index (χ4v) is 2.04. The molecule has 0 aliphatic carbocycles. The van der Waals surface area contributed by atoms with Gasteiger partial charge in [0.2, 0.25) is 0 Å². The molecule has 2 rings (SSSR count). The Bertz CT molecular complexity index is 457. The largest absolute Gasteiger partial charge is 0.370 e. The molecule has 0 saturated carbocycles. The summed E-state index contributed by atoms with van der Waals surface area (Å²) in [6.45, 7) is 7.39. The average Bonchev–Trinajstić information content (AvgIpc) is 3.02. The zero-order valence-corrected chi connectivity index (χ0v) is 12.3. The molecule has 1 fully saturated rings. The third-order valence-electron chi connectivity index (χ3n) is 3.06. The lowest BCUT2D eigenvalue weighted by Gasteiger charge is -2.13. The van der Waals surface area contributed by atoms with E-state index in [-0.39, 0.29) is 12.2 Å². The molecular formula is C13H23N5O2. The number of nitrogens with two attached hydrogens (primary N) is 1. The highest BCUT2D eigenvalue weighted by Gasteiger charge is 2.30. The highest BCUT2D eigenvalue weighted by Crippen LogP contribution is 2.31. The van der Waals surface area contributed by atoms with E-state index in [0.717, 1.165) is 19.4 Å². The Labute approximate surface area is 119 Å². The molecule has 0 bridgehead atoms. The Morgan fingerprint density at radius 1 is 1.50 bits per heavy atom. The summed E-state index contributed by atoms with van der Waals surface area (Å²) in [5.74, 6) is 2.17. The van der Waals surface area contributed by atoms with Crippen LogP contribution in [0.2, 0.25) is 0 Å². The van der Waals surface area contributed by atoms with Crippen molar-refractivity contribution in [3.8, 4) is 0 Å². The molecule has 7 nitrogen and oxygen atoms in total. The summed E-state index contributed by atoms with van der Waals surface area (Å²) in [5, 5.41) is 6.87. The molecule has 112 valence electrons. The number of aliphatic imine (C=N–C) groups is 1. The third kappa shape index (κ3) is 4.19. The minimum absolute atomic E-state index is 0.0972. The second-order valence-corrected chi connectivity index (χ2v) is 5.50. The minimum atomic E-state index is -0.100. The maximum atomic E-state index is 5.87. The van der Waals surface area contributed by atoms with Crippen molar-refractivity contribution < 1.29 is 9.26 Å². The van der Waals surface area contributed by atoms with Gasteiger partial charge in [-0.15, -0.1) is 0 Å². The summed E-state index contributed by atoms with van der Waals surface area (Å²) in [7, 11) is 0. The lowest BCUT2D eigenvalue weighted by atomic mass is 10.2. The molecule has 0 unspecified atom stereocenters. The molecule has 1 saturated heterocycles. The molecule has 20 heavy (non-hydrogen) atoms. The number of nitrogens with zero attached hydrogens (tertiary/aromatic N) is 3. The Kier molecular flexibility index (Phi) is 4.94. The molecular weight excluding hydrogens is 258 g/mol. The Morgan fingerprint density at radius 2 is 2.30 bits per heavy atom. The zero-order chi connectivity index (χ0) is 14.5. The Balaban J connectivity index is 1.75. The summed E-state index contributed by atoms with van der Waals surface area (Å²) < 4.78 is 11.0. The maximum absolute atomic E-state index is 5.87. The third-order valence-corrected chi connectivity index (χ3v) is 3.06. The topological polar surface area (TPSA) is 98.6 Å². The lowest BCUT2D eigenvalue weighted by Crippen LogP contribution is -2.37. The standard InChI is InChI=1S/C13H23N5O2/c1-8(2)6-15-13(14)16-7-10-4-5-11(19-10)12-17-9(3)18-20-12/h8,10-11H,4-7H2,1-3H3,(H3,14,15,16)/t10-,11+/m1/s1. The van der Waals surface area contributed by atoms with Crippen LogP contribution in [0.4, 0.5) is 0 Å². The summed E-state index contributed by atoms with van der Waals surface area (Å²) in [4.78, 5) is 8.45. The number of rotatable bonds is 5. The quantitative estimate of drug-likeness (QED) is 0.620. The van der Waals surface area contributed by atoms with E-state index in [2.05, 4.69) is 34.3 Å². The average molecular weight is 281 g/mol. The molecule has 0 amide bonds. The van der Waals surface area contributed by atoms with Gasteiger partial charge in [-0.3, -0.25) is 4.99 Å². The van der Waals surface area contributed by atoms with Crippen LogP contribution in [0.5, 0.6) is 0 Å². The molecule has 2 atom stereocenters. The van der Waals surface area contributed by atoms with Crippen molar-refractivity contribution in [2.45, 2.75) is 45.8 Å². The van der Waals surface area contributed by atoms with Crippen molar-refractivity contribution >= 4 is 5.96 Å². The van der Waals surface area contributed by atoms with E-state index in [4.69, 9.17) is 15.0 Å². The van der Waals surface area contributed by atoms with Gasteiger partial charge in [-0.05, 0) is 25.7 Å². The molecule has 0 spiro atoms. The molecule has 7 heteroatoms. The van der Waals surface area contributed by atoms with Crippen molar-refractivity contribution in [2.24, 2.45) is 16.6 Å². The second kappa shape index (κ2) is 6.69. The van der Waals surface area contributed by atoms with E-state index in [0.29, 0.717) is 30.1 Å². The summed E-state index contributed by atoms with van der Waals surface area (Å²) in [6, 6.07) is 0. The van der Waals surface area contributed by atoms with E-state index >= 15 is 0 Å². The van der Waals surface area contributed by atoms with E-state index in [1.165, 1.54) is 0 Å². The Morgan fingerprint density at radius 3 is 2.95 bits per heavy atom. The van der Waals surface area contributed by atoms with Crippen molar-refractivity contribution in [1.29, 1.82) is 0 Å². The van der Waals surface area contributed by atoms with Crippen LogP contribution in [0.3, 0.4) is 0 Å². The smallest absolute Gasteiger partial charge is 0.255 e. The number of nitrogens with one attached hydrogen (secondary N) is 1. The summed E-state index contributed by atoms with van der Waals surface area (Å²) in [6.07, 6.45) is 1.82. The van der Waals surface area contributed by atoms with Gasteiger partial charge in [-0.25, -0.2) is 0 Å². The normalized spacial score (nSPS) is 23.5. The number of aryl methyl sites for hydroxylation is 1. The summed E-state index contributed by atoms with van der Waals surface area (Å²) >= 11 is 0. The first-order chi connectivity index (χ1) is 9.54. The monoisotopic (exact) mass is 281 g/mol. The minimum Gasteiger partial charge on any atom is -0.370 e. The number of hydrogen-bond donors (Lipinski definition) is 2. The van der Waals surface area contributed by atoms with Crippen LogP contribution in [0.1, 0.15) is 44.5 Å². The van der Waals surface area contributed by atoms with E-state index in [1.54, 1.807) is 6.92 Å². The molecule has 1 aromatic heterocycles. The van der Waals surface area contributed by atoms with Crippen LogP contribution < -0.4 is 11.1 Å². The fraction of sp³-hybridized carbons (Fsp3) is 0.769. The lowest BCUT2D eigenvalue weighted by molar-refractivity contribution is 0.0286. The predicted molar refractivity (Wildman–Crippen MR) is 75.2 cm³/mol. The van der Waals surface area contributed by atoms with Crippen LogP contribution in [0.15, 0.2) is 9.52 Å². The van der Waals surface area contributed by atoms with E-state index in [9.17, 15) is 0 Å². The molecule has 3 N–H and O–H groups in total. The molecule has 1 aliphatic rings. The number of hydrogen-bond acceptors (Lipinski definition) is 5. The van der Waals surface area contributed by atoms with Gasteiger partial charge < -0.3 is 20.3 Å². The van der Waals surface area contributed by atoms with Crippen LogP contribution in [0, 0.1) is 12.8 Å². The van der Waals surface area contributed by atoms with Crippen LogP contribution in [0.25, 0.3) is 0 Å². The number of aromatic nitrogens is 2. The second-order valence-electron chi connectivity index (χ2n) is 5.50. The van der Waals surface area contributed by atoms with E-state index < -0.39 is 0 Å². The van der Waals surface area contributed by atoms with Crippen molar-refractivity contribution in [1.82, 2.24) is 15.5 Å². The van der Waals surface area contributed by atoms with Crippen molar-refractivity contribution in [3.05, 3.63) is 11.7 Å². The highest BCUT2D eigenvalue weighted by molar-refractivity contribution is 5.77. The van der Waals surface area contributed by atoms with Gasteiger partial charge >= 0.3 is 0 Å². The van der Waals surface area contributed by atoms with Crippen LogP contribution in [-0.2, 0) is 4.74 Å². The Hall–Kier alpha value is -1.63. The highest BCUT2D eigenvalue weighted by atomic mass is 16.5. The molecule has 1 aliphatic heterocycles. The first-order valence-electron chi connectivity index (χ1n) is 7.04. The van der Waals surface area contributed by atoms with Gasteiger partial charge in [0.15, 0.2) is 11.8 Å². The van der Waals surface area contributed by atoms with Crippen LogP contribution >= 0.6 is 0 Å². The first kappa shape index (κ1) is 14.8. The van der Waals surface area contributed by atoms with Gasteiger partial charge in [0.1, 0.15) is 6.10 Å². The first-order valence-corrected chi connectivity index (χ1v) is 7.04. The van der Waals surface area contributed by atoms with Gasteiger partial charge in [-0.2, -0.15) is 4.98 Å². The van der Waals surface area contributed by atoms with Gasteiger partial charge in [0.05, 0.1) is 6.10 Å². The van der Waals surface area contributed by atoms with Crippen LogP contribution in [-0.4, -0.2) is 35.3 Å². The molecule has 1 aromatic rings.